The molecule has 0 saturated carbocycles. The fourth-order valence-corrected chi connectivity index (χ4v) is 3.67. The van der Waals surface area contributed by atoms with Gasteiger partial charge in [0.25, 0.3) is 0 Å². The van der Waals surface area contributed by atoms with Gasteiger partial charge in [0.15, 0.2) is 0 Å². The lowest BCUT2D eigenvalue weighted by Gasteiger charge is -2.27. The minimum absolute atomic E-state index is 0.107. The van der Waals surface area contributed by atoms with E-state index in [0.29, 0.717) is 0 Å². The summed E-state index contributed by atoms with van der Waals surface area (Å²) in [7, 11) is 0. The molecule has 1 aliphatic rings. The molecule has 0 radical (unpaired) electrons. The standard InChI is InChI=1S/C21H26N2O/c1-19(2)13-7-9-15(22-13)20(3,4)17-11-12-18(24-17)21(5,6)16-10-8-14(19)23-16/h7-12,22-23H,1-6H3. The molecule has 3 aromatic heterocycles. The van der Waals surface area contributed by atoms with Crippen LogP contribution in [0.25, 0.3) is 0 Å². The van der Waals surface area contributed by atoms with Gasteiger partial charge in [0.05, 0.1) is 10.8 Å². The number of rotatable bonds is 0. The Kier molecular flexibility index (Phi) is 2.86. The maximum absolute atomic E-state index is 6.33. The molecule has 0 spiro atoms. The lowest BCUT2D eigenvalue weighted by atomic mass is 9.86. The lowest BCUT2D eigenvalue weighted by molar-refractivity contribution is 0.358. The van der Waals surface area contributed by atoms with Gasteiger partial charge in [-0.15, -0.1) is 0 Å². The summed E-state index contributed by atoms with van der Waals surface area (Å²) in [5.74, 6) is 1.98. The second kappa shape index (κ2) is 4.47. The molecule has 0 aliphatic carbocycles. The SMILES string of the molecule is CC1(C)c2ccc([nH]2)C(C)(C)c2ccc(o2)C(C)(C)c2ccc1[nH]2. The average molecular weight is 322 g/mol. The van der Waals surface area contributed by atoms with Crippen molar-refractivity contribution in [2.45, 2.75) is 57.8 Å². The summed E-state index contributed by atoms with van der Waals surface area (Å²) in [5, 5.41) is 0. The summed E-state index contributed by atoms with van der Waals surface area (Å²) in [5.41, 5.74) is 4.28. The van der Waals surface area contributed by atoms with E-state index in [0.717, 1.165) is 11.5 Å². The van der Waals surface area contributed by atoms with E-state index >= 15 is 0 Å². The van der Waals surface area contributed by atoms with E-state index in [1.807, 2.05) is 0 Å². The summed E-state index contributed by atoms with van der Waals surface area (Å²) in [6.45, 7) is 13.4. The van der Waals surface area contributed by atoms with Gasteiger partial charge >= 0.3 is 0 Å². The monoisotopic (exact) mass is 322 g/mol. The van der Waals surface area contributed by atoms with Gasteiger partial charge in [-0.1, -0.05) is 0 Å². The summed E-state index contributed by atoms with van der Waals surface area (Å²) < 4.78 is 6.33. The van der Waals surface area contributed by atoms with Crippen LogP contribution in [0.1, 0.15) is 75.8 Å². The molecule has 126 valence electrons. The molecule has 4 heterocycles. The smallest absolute Gasteiger partial charge is 0.115 e. The Morgan fingerprint density at radius 1 is 0.542 bits per heavy atom. The first-order valence-electron chi connectivity index (χ1n) is 8.64. The molecule has 0 amide bonds. The van der Waals surface area contributed by atoms with Crippen molar-refractivity contribution in [2.75, 3.05) is 0 Å². The van der Waals surface area contributed by atoms with Crippen LogP contribution >= 0.6 is 0 Å². The number of nitrogens with one attached hydrogen (secondary N) is 2. The van der Waals surface area contributed by atoms with Gasteiger partial charge < -0.3 is 14.4 Å². The summed E-state index contributed by atoms with van der Waals surface area (Å²) in [4.78, 5) is 7.30. The predicted octanol–water partition coefficient (Wildman–Crippen LogP) is 5.23. The molecule has 3 nitrogen and oxygen atoms in total. The van der Waals surface area contributed by atoms with Gasteiger partial charge in [-0.25, -0.2) is 0 Å². The maximum Gasteiger partial charge on any atom is 0.115 e. The Morgan fingerprint density at radius 2 is 0.875 bits per heavy atom. The summed E-state index contributed by atoms with van der Waals surface area (Å²) >= 11 is 0. The third-order valence-corrected chi connectivity index (χ3v) is 5.90. The van der Waals surface area contributed by atoms with Crippen molar-refractivity contribution in [1.29, 1.82) is 0 Å². The Balaban J connectivity index is 2.04. The fraction of sp³-hybridized carbons (Fsp3) is 0.429. The first-order valence-corrected chi connectivity index (χ1v) is 8.64. The molecule has 0 atom stereocenters. The Labute approximate surface area is 143 Å². The topological polar surface area (TPSA) is 44.7 Å². The Morgan fingerprint density at radius 3 is 1.25 bits per heavy atom. The van der Waals surface area contributed by atoms with E-state index in [1.54, 1.807) is 0 Å². The van der Waals surface area contributed by atoms with Crippen molar-refractivity contribution in [3.8, 4) is 0 Å². The molecule has 2 N–H and O–H groups in total. The minimum atomic E-state index is -0.197. The molecule has 3 aromatic rings. The van der Waals surface area contributed by atoms with Crippen molar-refractivity contribution in [3.63, 3.8) is 0 Å². The van der Waals surface area contributed by atoms with Crippen LogP contribution in [0.4, 0.5) is 0 Å². The van der Waals surface area contributed by atoms with Crippen molar-refractivity contribution in [1.82, 2.24) is 9.97 Å². The van der Waals surface area contributed by atoms with Crippen molar-refractivity contribution in [3.05, 3.63) is 70.7 Å². The first-order chi connectivity index (χ1) is 11.1. The summed E-state index contributed by atoms with van der Waals surface area (Å²) in [6.07, 6.45) is 0. The highest BCUT2D eigenvalue weighted by Gasteiger charge is 2.36. The molecule has 3 heteroatoms. The maximum atomic E-state index is 6.33. The zero-order valence-corrected chi connectivity index (χ0v) is 15.4. The predicted molar refractivity (Wildman–Crippen MR) is 96.7 cm³/mol. The van der Waals surface area contributed by atoms with E-state index in [2.05, 4.69) is 87.9 Å². The Bertz CT molecular complexity index is 721. The number of aromatic nitrogens is 2. The molecular weight excluding hydrogens is 296 g/mol. The molecule has 6 bridgehead atoms. The normalized spacial score (nSPS) is 20.2. The highest BCUT2D eigenvalue weighted by Crippen LogP contribution is 2.41. The van der Waals surface area contributed by atoms with E-state index in [4.69, 9.17) is 4.42 Å². The third-order valence-electron chi connectivity index (χ3n) is 5.90. The highest BCUT2D eigenvalue weighted by molar-refractivity contribution is 5.40. The van der Waals surface area contributed by atoms with Gasteiger partial charge in [-0.2, -0.15) is 0 Å². The second-order valence-electron chi connectivity index (χ2n) is 8.61. The summed E-state index contributed by atoms with van der Waals surface area (Å²) in [6, 6.07) is 13.0. The number of H-pyrrole nitrogens is 2. The highest BCUT2D eigenvalue weighted by atomic mass is 16.3. The average Bonchev–Trinajstić information content (AvgIpc) is 3.24. The van der Waals surface area contributed by atoms with Crippen molar-refractivity contribution in [2.24, 2.45) is 0 Å². The Hall–Kier alpha value is -2.16. The van der Waals surface area contributed by atoms with Gasteiger partial charge in [0.2, 0.25) is 0 Å². The largest absolute Gasteiger partial charge is 0.464 e. The molecule has 0 fully saturated rings. The minimum Gasteiger partial charge on any atom is -0.464 e. The van der Waals surface area contributed by atoms with Gasteiger partial charge in [-0.3, -0.25) is 0 Å². The van der Waals surface area contributed by atoms with Crippen LogP contribution in [-0.2, 0) is 16.2 Å². The van der Waals surface area contributed by atoms with Crippen LogP contribution in [0.2, 0.25) is 0 Å². The molecule has 1 aliphatic heterocycles. The van der Waals surface area contributed by atoms with E-state index in [9.17, 15) is 0 Å². The van der Waals surface area contributed by atoms with Crippen LogP contribution < -0.4 is 0 Å². The number of aromatic amines is 2. The third kappa shape index (κ3) is 1.90. The van der Waals surface area contributed by atoms with Crippen molar-refractivity contribution >= 4 is 0 Å². The van der Waals surface area contributed by atoms with Gasteiger partial charge in [0.1, 0.15) is 11.5 Å². The lowest BCUT2D eigenvalue weighted by Crippen LogP contribution is -2.25. The number of hydrogen-bond acceptors (Lipinski definition) is 1. The van der Waals surface area contributed by atoms with Crippen LogP contribution in [-0.4, -0.2) is 9.97 Å². The van der Waals surface area contributed by atoms with Crippen LogP contribution in [0.5, 0.6) is 0 Å². The molecule has 0 unspecified atom stereocenters. The first kappa shape index (κ1) is 15.4. The quantitative estimate of drug-likeness (QED) is 0.585. The van der Waals surface area contributed by atoms with Crippen LogP contribution in [0, 0.1) is 0 Å². The fourth-order valence-electron chi connectivity index (χ4n) is 3.67. The van der Waals surface area contributed by atoms with Gasteiger partial charge in [0, 0.05) is 28.2 Å². The van der Waals surface area contributed by atoms with E-state index < -0.39 is 0 Å². The number of furan rings is 1. The molecule has 4 rings (SSSR count). The number of fused-ring (bicyclic) bond motifs is 6. The van der Waals surface area contributed by atoms with E-state index in [-0.39, 0.29) is 16.2 Å². The van der Waals surface area contributed by atoms with Gasteiger partial charge in [-0.05, 0) is 77.9 Å². The number of hydrogen-bond donors (Lipinski definition) is 2. The molecular formula is C21H26N2O. The van der Waals surface area contributed by atoms with E-state index in [1.165, 1.54) is 22.8 Å². The van der Waals surface area contributed by atoms with Crippen molar-refractivity contribution < 1.29 is 4.42 Å². The molecule has 24 heavy (non-hydrogen) atoms. The zero-order chi connectivity index (χ0) is 17.3. The second-order valence-corrected chi connectivity index (χ2v) is 8.61. The zero-order valence-electron chi connectivity index (χ0n) is 15.4. The molecule has 0 aromatic carbocycles. The molecule has 0 saturated heterocycles. The van der Waals surface area contributed by atoms with Crippen LogP contribution in [0.3, 0.4) is 0 Å². The van der Waals surface area contributed by atoms with Crippen LogP contribution in [0.15, 0.2) is 40.8 Å².